The van der Waals surface area contributed by atoms with E-state index in [0.29, 0.717) is 46.0 Å². The van der Waals surface area contributed by atoms with Gasteiger partial charge in [0.25, 0.3) is 5.91 Å². The quantitative estimate of drug-likeness (QED) is 0.356. The Morgan fingerprint density at radius 2 is 1.84 bits per heavy atom. The Labute approximate surface area is 223 Å². The number of hydrogen-bond acceptors (Lipinski definition) is 5. The van der Waals surface area contributed by atoms with E-state index in [9.17, 15) is 19.2 Å². The number of fused-ring (bicyclic) bond motifs is 1. The Morgan fingerprint density at radius 1 is 1.05 bits per heavy atom. The monoisotopic (exact) mass is 535 g/mol. The summed E-state index contributed by atoms with van der Waals surface area (Å²) < 4.78 is 0. The van der Waals surface area contributed by atoms with E-state index < -0.39 is 11.9 Å². The van der Waals surface area contributed by atoms with E-state index in [2.05, 4.69) is 15.6 Å². The number of thioether (sulfide) groups is 1. The van der Waals surface area contributed by atoms with E-state index >= 15 is 0 Å². The van der Waals surface area contributed by atoms with Crippen LogP contribution in [0.15, 0.2) is 83.2 Å². The highest BCUT2D eigenvalue weighted by atomic mass is 35.5. The molecule has 0 bridgehead atoms. The van der Waals surface area contributed by atoms with Crippen LogP contribution in [0.25, 0.3) is 10.9 Å². The van der Waals surface area contributed by atoms with Crippen molar-refractivity contribution >= 4 is 51.2 Å². The molecule has 0 aliphatic heterocycles. The van der Waals surface area contributed by atoms with Crippen molar-refractivity contribution in [3.8, 4) is 0 Å². The van der Waals surface area contributed by atoms with Crippen LogP contribution in [0.2, 0.25) is 5.02 Å². The number of nitrogens with one attached hydrogen (secondary N) is 3. The second-order valence-corrected chi connectivity index (χ2v) is 10.1. The second-order valence-electron chi connectivity index (χ2n) is 8.52. The van der Waals surface area contributed by atoms with Crippen LogP contribution in [0.3, 0.4) is 0 Å². The van der Waals surface area contributed by atoms with Gasteiger partial charge in [0.05, 0.1) is 0 Å². The van der Waals surface area contributed by atoms with Crippen LogP contribution in [0.4, 0.5) is 0 Å². The summed E-state index contributed by atoms with van der Waals surface area (Å²) in [5.41, 5.74) is 2.10. The highest BCUT2D eigenvalue weighted by molar-refractivity contribution is 8.13. The summed E-state index contributed by atoms with van der Waals surface area (Å²) >= 11 is 6.97. The van der Waals surface area contributed by atoms with Crippen molar-refractivity contribution < 1.29 is 14.4 Å². The number of H-pyrrole nitrogens is 1. The van der Waals surface area contributed by atoms with Crippen LogP contribution in [0.1, 0.15) is 28.8 Å². The van der Waals surface area contributed by atoms with Gasteiger partial charge in [0.15, 0.2) is 0 Å². The fourth-order valence-electron chi connectivity index (χ4n) is 4.02. The van der Waals surface area contributed by atoms with E-state index in [1.807, 2.05) is 30.4 Å². The Bertz CT molecular complexity index is 1430. The van der Waals surface area contributed by atoms with Crippen LogP contribution in [0, 0.1) is 0 Å². The van der Waals surface area contributed by atoms with Gasteiger partial charge in [-0.2, -0.15) is 0 Å². The molecule has 0 fully saturated rings. The van der Waals surface area contributed by atoms with E-state index in [1.54, 1.807) is 36.4 Å². The molecule has 2 amide bonds. The predicted molar refractivity (Wildman–Crippen MR) is 148 cm³/mol. The largest absolute Gasteiger partial charge is 0.351 e. The van der Waals surface area contributed by atoms with Crippen molar-refractivity contribution in [2.45, 2.75) is 25.3 Å². The lowest BCUT2D eigenvalue weighted by molar-refractivity contribution is -0.117. The van der Waals surface area contributed by atoms with Gasteiger partial charge >= 0.3 is 0 Å². The molecule has 0 spiro atoms. The molecule has 1 heterocycles. The summed E-state index contributed by atoms with van der Waals surface area (Å²) in [4.78, 5) is 53.5. The maximum Gasteiger partial charge on any atom is 0.251 e. The van der Waals surface area contributed by atoms with Crippen LogP contribution in [-0.4, -0.2) is 40.3 Å². The summed E-state index contributed by atoms with van der Waals surface area (Å²) in [5.74, 6) is -0.216. The standard InChI is InChI=1S/C28H26ClN3O4S/c29-21-12-10-19(11-13-21)27(35)32-24(16-20-17-25(33)31-23-9-5-4-8-22(20)23)28(36)37-15-14-30-26(34)18-6-2-1-3-7-18/h1-2,4-6,8-13,17,24H,3,7,14-16H2,(H,30,34)(H,31,33)(H,32,35). The Balaban J connectivity index is 1.47. The maximum absolute atomic E-state index is 13.2. The van der Waals surface area contributed by atoms with Gasteiger partial charge in [-0.15, -0.1) is 0 Å². The molecule has 2 aromatic carbocycles. The number of carbonyl (C=O) groups is 3. The van der Waals surface area contributed by atoms with Crippen molar-refractivity contribution in [1.82, 2.24) is 15.6 Å². The van der Waals surface area contributed by atoms with Gasteiger partial charge < -0.3 is 15.6 Å². The molecule has 0 saturated heterocycles. The molecule has 1 aliphatic carbocycles. The van der Waals surface area contributed by atoms with Crippen LogP contribution >= 0.6 is 23.4 Å². The molecule has 3 aromatic rings. The molecule has 4 rings (SSSR count). The molecule has 9 heteroatoms. The number of aromatic amines is 1. The van der Waals surface area contributed by atoms with Gasteiger partial charge in [0, 0.05) is 51.8 Å². The number of rotatable bonds is 9. The summed E-state index contributed by atoms with van der Waals surface area (Å²) in [6.07, 6.45) is 7.33. The van der Waals surface area contributed by atoms with Crippen molar-refractivity contribution in [2.75, 3.05) is 12.3 Å². The minimum atomic E-state index is -0.889. The molecule has 1 aliphatic rings. The van der Waals surface area contributed by atoms with Crippen LogP contribution in [0.5, 0.6) is 0 Å². The van der Waals surface area contributed by atoms with Gasteiger partial charge in [0.2, 0.25) is 16.6 Å². The summed E-state index contributed by atoms with van der Waals surface area (Å²) in [6.45, 7) is 0.308. The highest BCUT2D eigenvalue weighted by Crippen LogP contribution is 2.19. The normalized spacial score (nSPS) is 13.6. The first-order valence-electron chi connectivity index (χ1n) is 11.9. The molecule has 1 aromatic heterocycles. The predicted octanol–water partition coefficient (Wildman–Crippen LogP) is 4.18. The molecule has 190 valence electrons. The minimum Gasteiger partial charge on any atom is -0.351 e. The van der Waals surface area contributed by atoms with Crippen molar-refractivity contribution in [3.63, 3.8) is 0 Å². The smallest absolute Gasteiger partial charge is 0.251 e. The topological polar surface area (TPSA) is 108 Å². The zero-order valence-corrected chi connectivity index (χ0v) is 21.5. The molecule has 0 saturated carbocycles. The molecule has 0 radical (unpaired) electrons. The molecule has 7 nitrogen and oxygen atoms in total. The third-order valence-corrected chi connectivity index (χ3v) is 7.12. The molecule has 1 unspecified atom stereocenters. The van der Waals surface area contributed by atoms with Gasteiger partial charge in [-0.3, -0.25) is 19.2 Å². The molecular weight excluding hydrogens is 510 g/mol. The summed E-state index contributed by atoms with van der Waals surface area (Å²) in [5, 5.41) is 6.69. The molecular formula is C28H26ClN3O4S. The Hall–Kier alpha value is -3.62. The fourth-order valence-corrected chi connectivity index (χ4v) is 4.90. The number of allylic oxidation sites excluding steroid dienone is 3. The average molecular weight is 536 g/mol. The maximum atomic E-state index is 13.2. The zero-order valence-electron chi connectivity index (χ0n) is 20.0. The minimum absolute atomic E-state index is 0.139. The second kappa shape index (κ2) is 12.6. The van der Waals surface area contributed by atoms with Gasteiger partial charge in [-0.1, -0.05) is 59.8 Å². The van der Waals surface area contributed by atoms with Crippen molar-refractivity contribution in [3.05, 3.63) is 105 Å². The summed E-state index contributed by atoms with van der Waals surface area (Å²) in [6, 6.07) is 14.3. The number of aromatic nitrogens is 1. The van der Waals surface area contributed by atoms with E-state index in [0.717, 1.165) is 23.6 Å². The zero-order chi connectivity index (χ0) is 26.2. The Morgan fingerprint density at radius 3 is 2.59 bits per heavy atom. The number of pyridine rings is 1. The van der Waals surface area contributed by atoms with E-state index in [4.69, 9.17) is 11.6 Å². The lowest BCUT2D eigenvalue weighted by atomic mass is 10.0. The van der Waals surface area contributed by atoms with E-state index in [1.165, 1.54) is 6.07 Å². The van der Waals surface area contributed by atoms with Crippen LogP contribution < -0.4 is 16.2 Å². The third kappa shape index (κ3) is 7.21. The van der Waals surface area contributed by atoms with Crippen LogP contribution in [-0.2, 0) is 16.0 Å². The third-order valence-electron chi connectivity index (χ3n) is 5.89. The first kappa shape index (κ1) is 26.4. The van der Waals surface area contributed by atoms with Crippen molar-refractivity contribution in [2.24, 2.45) is 0 Å². The Kier molecular flexibility index (Phi) is 8.98. The number of para-hydroxylation sites is 1. The molecule has 37 heavy (non-hydrogen) atoms. The first-order chi connectivity index (χ1) is 17.9. The lowest BCUT2D eigenvalue weighted by Crippen LogP contribution is -2.42. The number of benzene rings is 2. The number of hydrogen-bond donors (Lipinski definition) is 3. The van der Waals surface area contributed by atoms with Crippen molar-refractivity contribution in [1.29, 1.82) is 0 Å². The number of carbonyl (C=O) groups excluding carboxylic acids is 3. The fraction of sp³-hybridized carbons (Fsp3) is 0.214. The molecule has 1 atom stereocenters. The molecule has 3 N–H and O–H groups in total. The number of halogens is 1. The highest BCUT2D eigenvalue weighted by Gasteiger charge is 2.24. The average Bonchev–Trinajstić information content (AvgIpc) is 2.91. The number of amides is 2. The van der Waals surface area contributed by atoms with Gasteiger partial charge in [-0.05, 0) is 48.7 Å². The van der Waals surface area contributed by atoms with Gasteiger partial charge in [-0.25, -0.2) is 0 Å². The lowest BCUT2D eigenvalue weighted by Gasteiger charge is -2.19. The summed E-state index contributed by atoms with van der Waals surface area (Å²) in [7, 11) is 0. The first-order valence-corrected chi connectivity index (χ1v) is 13.2. The SMILES string of the molecule is O=C(NCCSC(=O)C(Cc1cc(=O)[nH]c2ccccc12)NC(=O)c1ccc(Cl)cc1)C1=CC=CCC1. The van der Waals surface area contributed by atoms with Gasteiger partial charge in [0.1, 0.15) is 6.04 Å². The van der Waals surface area contributed by atoms with E-state index in [-0.39, 0.29) is 23.0 Å².